The normalized spacial score (nSPS) is 14.9. The van der Waals surface area contributed by atoms with Crippen LogP contribution in [0.15, 0.2) is 41.2 Å². The lowest BCUT2D eigenvalue weighted by molar-refractivity contribution is 0.414. The van der Waals surface area contributed by atoms with Crippen LogP contribution >= 0.6 is 0 Å². The van der Waals surface area contributed by atoms with Gasteiger partial charge in [-0.2, -0.15) is 4.98 Å². The van der Waals surface area contributed by atoms with E-state index < -0.39 is 0 Å². The summed E-state index contributed by atoms with van der Waals surface area (Å²) >= 11 is 0. The first-order chi connectivity index (χ1) is 13.7. The zero-order valence-electron chi connectivity index (χ0n) is 16.1. The van der Waals surface area contributed by atoms with Gasteiger partial charge in [0.05, 0.1) is 7.11 Å². The van der Waals surface area contributed by atoms with E-state index in [4.69, 9.17) is 9.26 Å². The monoisotopic (exact) mass is 380 g/mol. The molecule has 2 aromatic heterocycles. The molecule has 0 atom stereocenters. The third-order valence-electron chi connectivity index (χ3n) is 4.97. The van der Waals surface area contributed by atoms with Crippen LogP contribution in [0.1, 0.15) is 25.5 Å². The Bertz CT molecular complexity index is 920. The Hall–Kier alpha value is -3.16. The lowest BCUT2D eigenvalue weighted by Crippen LogP contribution is -2.39. The van der Waals surface area contributed by atoms with Crippen LogP contribution in [0.4, 0.5) is 11.8 Å². The summed E-state index contributed by atoms with van der Waals surface area (Å²) in [5.74, 6) is 2.32. The molecule has 1 N–H and O–H groups in total. The zero-order chi connectivity index (χ0) is 19.3. The molecule has 0 amide bonds. The van der Waals surface area contributed by atoms with Crippen LogP contribution in [0.5, 0.6) is 5.75 Å². The van der Waals surface area contributed by atoms with Crippen LogP contribution in [0.3, 0.4) is 0 Å². The second-order valence-electron chi connectivity index (χ2n) is 6.78. The van der Waals surface area contributed by atoms with E-state index >= 15 is 0 Å². The van der Waals surface area contributed by atoms with Gasteiger partial charge < -0.3 is 19.5 Å². The van der Waals surface area contributed by atoms with E-state index in [1.54, 1.807) is 13.4 Å². The molecule has 0 spiro atoms. The molecule has 1 aromatic carbocycles. The van der Waals surface area contributed by atoms with Gasteiger partial charge >= 0.3 is 6.01 Å². The third-order valence-corrected chi connectivity index (χ3v) is 4.97. The molecule has 8 heteroatoms. The Kier molecular flexibility index (Phi) is 5.36. The Morgan fingerprint density at radius 3 is 2.86 bits per heavy atom. The molecule has 0 aliphatic carbocycles. The minimum absolute atomic E-state index is 0.294. The van der Waals surface area contributed by atoms with Gasteiger partial charge in [-0.3, -0.25) is 0 Å². The quantitative estimate of drug-likeness (QED) is 0.697. The van der Waals surface area contributed by atoms with Gasteiger partial charge in [-0.25, -0.2) is 9.97 Å². The first-order valence-corrected chi connectivity index (χ1v) is 9.55. The molecule has 1 saturated heterocycles. The SMILES string of the molecule is CCc1cc(N2CCC(Nc3nc(-c4cccc(OC)c4)no3)CC2)ncn1. The number of aryl methyl sites for hydroxylation is 1. The third kappa shape index (κ3) is 4.05. The van der Waals surface area contributed by atoms with Crippen molar-refractivity contribution in [3.05, 3.63) is 42.4 Å². The van der Waals surface area contributed by atoms with Gasteiger partial charge in [0.25, 0.3) is 0 Å². The summed E-state index contributed by atoms with van der Waals surface area (Å²) < 4.78 is 10.6. The average molecular weight is 380 g/mol. The molecule has 3 heterocycles. The molecule has 4 rings (SSSR count). The van der Waals surface area contributed by atoms with Crippen molar-refractivity contribution in [1.82, 2.24) is 20.1 Å². The van der Waals surface area contributed by atoms with Gasteiger partial charge in [0.15, 0.2) is 0 Å². The fourth-order valence-corrected chi connectivity index (χ4v) is 3.34. The van der Waals surface area contributed by atoms with Crippen molar-refractivity contribution in [2.24, 2.45) is 0 Å². The molecule has 1 fully saturated rings. The van der Waals surface area contributed by atoms with Crippen molar-refractivity contribution in [2.75, 3.05) is 30.4 Å². The number of anilines is 2. The molecule has 28 heavy (non-hydrogen) atoms. The smallest absolute Gasteiger partial charge is 0.322 e. The Balaban J connectivity index is 1.35. The average Bonchev–Trinajstić information content (AvgIpc) is 3.23. The lowest BCUT2D eigenvalue weighted by atomic mass is 10.1. The van der Waals surface area contributed by atoms with Crippen LogP contribution in [0.25, 0.3) is 11.4 Å². The first kappa shape index (κ1) is 18.2. The number of hydrogen-bond acceptors (Lipinski definition) is 8. The van der Waals surface area contributed by atoms with Gasteiger partial charge in [0.2, 0.25) is 5.82 Å². The lowest BCUT2D eigenvalue weighted by Gasteiger charge is -2.32. The topological polar surface area (TPSA) is 89.2 Å². The van der Waals surface area contributed by atoms with Crippen LogP contribution < -0.4 is 15.0 Å². The van der Waals surface area contributed by atoms with Crippen molar-refractivity contribution in [1.29, 1.82) is 0 Å². The summed E-state index contributed by atoms with van der Waals surface area (Å²) in [7, 11) is 1.64. The summed E-state index contributed by atoms with van der Waals surface area (Å²) in [5.41, 5.74) is 1.93. The van der Waals surface area contributed by atoms with Crippen molar-refractivity contribution in [3.8, 4) is 17.1 Å². The molecule has 8 nitrogen and oxygen atoms in total. The number of nitrogens with zero attached hydrogens (tertiary/aromatic N) is 5. The molecule has 3 aromatic rings. The molecular weight excluding hydrogens is 356 g/mol. The molecule has 0 unspecified atom stereocenters. The van der Waals surface area contributed by atoms with E-state index in [1.165, 1.54) is 0 Å². The van der Waals surface area contributed by atoms with E-state index in [-0.39, 0.29) is 0 Å². The number of rotatable bonds is 6. The highest BCUT2D eigenvalue weighted by atomic mass is 16.5. The molecule has 0 radical (unpaired) electrons. The van der Waals surface area contributed by atoms with E-state index in [9.17, 15) is 0 Å². The van der Waals surface area contributed by atoms with Crippen molar-refractivity contribution < 1.29 is 9.26 Å². The molecular formula is C20H24N6O2. The number of benzene rings is 1. The van der Waals surface area contributed by atoms with E-state index in [2.05, 4.69) is 43.3 Å². The largest absolute Gasteiger partial charge is 0.497 e. The molecule has 0 bridgehead atoms. The summed E-state index contributed by atoms with van der Waals surface area (Å²) in [4.78, 5) is 15.5. The fourth-order valence-electron chi connectivity index (χ4n) is 3.34. The maximum Gasteiger partial charge on any atom is 0.322 e. The number of ether oxygens (including phenoxy) is 1. The van der Waals surface area contributed by atoms with Gasteiger partial charge in [-0.1, -0.05) is 24.2 Å². The Morgan fingerprint density at radius 1 is 1.21 bits per heavy atom. The van der Waals surface area contributed by atoms with Gasteiger partial charge in [0.1, 0.15) is 17.9 Å². The summed E-state index contributed by atoms with van der Waals surface area (Å²) in [6.45, 7) is 3.95. The van der Waals surface area contributed by atoms with Crippen molar-refractivity contribution in [3.63, 3.8) is 0 Å². The highest BCUT2D eigenvalue weighted by Crippen LogP contribution is 2.24. The molecule has 0 saturated carbocycles. The van der Waals surface area contributed by atoms with E-state index in [0.29, 0.717) is 17.9 Å². The zero-order valence-corrected chi connectivity index (χ0v) is 16.1. The maximum absolute atomic E-state index is 5.39. The summed E-state index contributed by atoms with van der Waals surface area (Å²) in [6, 6.07) is 10.4. The summed E-state index contributed by atoms with van der Waals surface area (Å²) in [6.07, 6.45) is 4.52. The predicted molar refractivity (Wildman–Crippen MR) is 107 cm³/mol. The highest BCUT2D eigenvalue weighted by molar-refractivity contribution is 5.58. The number of methoxy groups -OCH3 is 1. The number of hydrogen-bond donors (Lipinski definition) is 1. The van der Waals surface area contributed by atoms with Crippen molar-refractivity contribution >= 4 is 11.8 Å². The van der Waals surface area contributed by atoms with Crippen LogP contribution in [-0.4, -0.2) is 46.3 Å². The van der Waals surface area contributed by atoms with E-state index in [0.717, 1.165) is 55.2 Å². The number of aromatic nitrogens is 4. The molecule has 1 aliphatic rings. The Morgan fingerprint density at radius 2 is 2.07 bits per heavy atom. The number of piperidine rings is 1. The summed E-state index contributed by atoms with van der Waals surface area (Å²) in [5, 5.41) is 7.44. The first-order valence-electron chi connectivity index (χ1n) is 9.55. The van der Waals surface area contributed by atoms with Crippen LogP contribution in [-0.2, 0) is 6.42 Å². The minimum atomic E-state index is 0.294. The van der Waals surface area contributed by atoms with Gasteiger partial charge in [-0.05, 0) is 31.4 Å². The van der Waals surface area contributed by atoms with Crippen LogP contribution in [0, 0.1) is 0 Å². The van der Waals surface area contributed by atoms with Crippen LogP contribution in [0.2, 0.25) is 0 Å². The second kappa shape index (κ2) is 8.24. The van der Waals surface area contributed by atoms with Crippen molar-refractivity contribution in [2.45, 2.75) is 32.2 Å². The molecule has 1 aliphatic heterocycles. The van der Waals surface area contributed by atoms with E-state index in [1.807, 2.05) is 24.3 Å². The van der Waals surface area contributed by atoms with Gasteiger partial charge in [-0.15, -0.1) is 0 Å². The second-order valence-corrected chi connectivity index (χ2v) is 6.78. The minimum Gasteiger partial charge on any atom is -0.497 e. The van der Waals surface area contributed by atoms with Gasteiger partial charge in [0, 0.05) is 36.5 Å². The fraction of sp³-hybridized carbons (Fsp3) is 0.400. The molecule has 146 valence electrons. The predicted octanol–water partition coefficient (Wildman–Crippen LogP) is 3.18. The number of nitrogens with one attached hydrogen (secondary N) is 1. The standard InChI is InChI=1S/C20H24N6O2/c1-3-15-12-18(22-13-21-15)26-9-7-16(8-10-26)23-20-24-19(25-28-20)14-5-4-6-17(11-14)27-2/h4-6,11-13,16H,3,7-10H2,1-2H3,(H,23,24,25). The Labute approximate surface area is 164 Å². The maximum atomic E-state index is 5.39. The highest BCUT2D eigenvalue weighted by Gasteiger charge is 2.22.